The number of hydrogen-bond donors (Lipinski definition) is 3. The minimum absolute atomic E-state index is 0.000738. The van der Waals surface area contributed by atoms with Gasteiger partial charge in [-0.1, -0.05) is 29.8 Å². The van der Waals surface area contributed by atoms with Gasteiger partial charge in [0.05, 0.1) is 4.90 Å². The molecule has 1 unspecified atom stereocenters. The van der Waals surface area contributed by atoms with Crippen molar-refractivity contribution < 1.29 is 27.5 Å². The average molecular weight is 468 g/mol. The van der Waals surface area contributed by atoms with Gasteiger partial charge in [-0.05, 0) is 55.5 Å². The van der Waals surface area contributed by atoms with E-state index < -0.39 is 27.9 Å². The summed E-state index contributed by atoms with van der Waals surface area (Å²) in [6.45, 7) is 1.90. The summed E-state index contributed by atoms with van der Waals surface area (Å²) in [6.07, 6.45) is -0.930. The standard InChI is InChI=1S/C23H21N3O6S/c1-15-6-10-17(11-7-15)26-33(29,30)18-12-8-16(9-13-18)22(27)24-25-23(28)21-14-31-19-4-2-3-5-20(19)32-21/h2-13,21,26H,14H2,1H3,(H,24,27)(H,25,28). The number of anilines is 1. The van der Waals surface area contributed by atoms with E-state index in [1.807, 2.05) is 6.92 Å². The molecule has 0 radical (unpaired) electrons. The number of ether oxygens (including phenoxy) is 2. The highest BCUT2D eigenvalue weighted by Crippen LogP contribution is 2.30. The lowest BCUT2D eigenvalue weighted by Gasteiger charge is -2.25. The Morgan fingerprint density at radius 3 is 2.24 bits per heavy atom. The first-order chi connectivity index (χ1) is 15.8. The lowest BCUT2D eigenvalue weighted by Crippen LogP contribution is -2.50. The number of carbonyl (C=O) groups excluding carboxylic acids is 2. The van der Waals surface area contributed by atoms with Gasteiger partial charge < -0.3 is 9.47 Å². The number of benzene rings is 3. The van der Waals surface area contributed by atoms with Gasteiger partial charge in [0.25, 0.3) is 21.8 Å². The van der Waals surface area contributed by atoms with Crippen molar-refractivity contribution in [2.45, 2.75) is 17.9 Å². The minimum atomic E-state index is -3.82. The van der Waals surface area contributed by atoms with Gasteiger partial charge >= 0.3 is 0 Å². The zero-order valence-corrected chi connectivity index (χ0v) is 18.4. The predicted octanol–water partition coefficient (Wildman–Crippen LogP) is 2.40. The van der Waals surface area contributed by atoms with E-state index in [1.54, 1.807) is 48.5 Å². The molecule has 9 nitrogen and oxygen atoms in total. The summed E-state index contributed by atoms with van der Waals surface area (Å²) in [6, 6.07) is 19.2. The summed E-state index contributed by atoms with van der Waals surface area (Å²) in [7, 11) is -3.82. The molecule has 3 aromatic carbocycles. The van der Waals surface area contributed by atoms with E-state index in [0.29, 0.717) is 17.2 Å². The van der Waals surface area contributed by atoms with Gasteiger partial charge in [0.1, 0.15) is 6.61 Å². The maximum atomic E-state index is 12.6. The molecule has 0 aliphatic carbocycles. The third-order valence-corrected chi connectivity index (χ3v) is 6.23. The van der Waals surface area contributed by atoms with Crippen LogP contribution in [0.25, 0.3) is 0 Å². The van der Waals surface area contributed by atoms with Gasteiger partial charge in [-0.25, -0.2) is 8.42 Å². The van der Waals surface area contributed by atoms with Crippen molar-refractivity contribution in [2.24, 2.45) is 0 Å². The van der Waals surface area contributed by atoms with Crippen LogP contribution >= 0.6 is 0 Å². The number of para-hydroxylation sites is 2. The SMILES string of the molecule is Cc1ccc(NS(=O)(=O)c2ccc(C(=O)NNC(=O)C3COc4ccccc4O3)cc2)cc1. The zero-order valence-electron chi connectivity index (χ0n) is 17.6. The van der Waals surface area contributed by atoms with Crippen molar-refractivity contribution >= 4 is 27.5 Å². The molecule has 33 heavy (non-hydrogen) atoms. The number of fused-ring (bicyclic) bond motifs is 1. The Kier molecular flexibility index (Phi) is 6.18. The number of hydrazine groups is 1. The van der Waals surface area contributed by atoms with Crippen LogP contribution in [0.15, 0.2) is 77.7 Å². The summed E-state index contributed by atoms with van der Waals surface area (Å²) in [5.74, 6) is -0.223. The molecule has 0 saturated carbocycles. The molecule has 1 aliphatic rings. The van der Waals surface area contributed by atoms with Crippen molar-refractivity contribution in [3.63, 3.8) is 0 Å². The van der Waals surface area contributed by atoms with Gasteiger partial charge in [0.2, 0.25) is 6.10 Å². The smallest absolute Gasteiger partial charge is 0.283 e. The fourth-order valence-corrected chi connectivity index (χ4v) is 4.10. The van der Waals surface area contributed by atoms with E-state index in [9.17, 15) is 18.0 Å². The van der Waals surface area contributed by atoms with Crippen LogP contribution in [0.3, 0.4) is 0 Å². The van der Waals surface area contributed by atoms with Crippen LogP contribution in [0.5, 0.6) is 11.5 Å². The molecular weight excluding hydrogens is 446 g/mol. The first-order valence-corrected chi connectivity index (χ1v) is 11.5. The van der Waals surface area contributed by atoms with E-state index in [4.69, 9.17) is 9.47 Å². The van der Waals surface area contributed by atoms with E-state index in [0.717, 1.165) is 5.56 Å². The molecule has 10 heteroatoms. The molecule has 1 atom stereocenters. The van der Waals surface area contributed by atoms with E-state index in [-0.39, 0.29) is 17.1 Å². The Morgan fingerprint density at radius 2 is 1.55 bits per heavy atom. The predicted molar refractivity (Wildman–Crippen MR) is 120 cm³/mol. The second kappa shape index (κ2) is 9.21. The summed E-state index contributed by atoms with van der Waals surface area (Å²) in [4.78, 5) is 24.7. The van der Waals surface area contributed by atoms with Crippen LogP contribution in [-0.4, -0.2) is 32.9 Å². The van der Waals surface area contributed by atoms with Gasteiger partial charge in [-0.15, -0.1) is 0 Å². The fourth-order valence-electron chi connectivity index (χ4n) is 3.04. The summed E-state index contributed by atoms with van der Waals surface area (Å²) in [5, 5.41) is 0. The lowest BCUT2D eigenvalue weighted by molar-refractivity contribution is -0.131. The van der Waals surface area contributed by atoms with E-state index in [2.05, 4.69) is 15.6 Å². The van der Waals surface area contributed by atoms with E-state index in [1.165, 1.54) is 24.3 Å². The summed E-state index contributed by atoms with van der Waals surface area (Å²) in [5.41, 5.74) is 6.18. The average Bonchev–Trinajstić information content (AvgIpc) is 2.83. The highest BCUT2D eigenvalue weighted by atomic mass is 32.2. The van der Waals surface area contributed by atoms with Crippen LogP contribution in [-0.2, 0) is 14.8 Å². The van der Waals surface area contributed by atoms with Gasteiger partial charge in [0.15, 0.2) is 11.5 Å². The molecule has 0 fully saturated rings. The number of rotatable bonds is 5. The largest absolute Gasteiger partial charge is 0.485 e. The third-order valence-electron chi connectivity index (χ3n) is 4.83. The molecule has 0 aromatic heterocycles. The summed E-state index contributed by atoms with van der Waals surface area (Å²) < 4.78 is 38.6. The molecule has 1 heterocycles. The van der Waals surface area contributed by atoms with Crippen molar-refractivity contribution in [3.05, 3.63) is 83.9 Å². The zero-order chi connectivity index (χ0) is 23.4. The van der Waals surface area contributed by atoms with Crippen molar-refractivity contribution in [2.75, 3.05) is 11.3 Å². The van der Waals surface area contributed by atoms with Crippen LogP contribution in [0, 0.1) is 6.92 Å². The Hall–Kier alpha value is -4.05. The quantitative estimate of drug-likeness (QED) is 0.495. The molecule has 0 bridgehead atoms. The van der Waals surface area contributed by atoms with Crippen LogP contribution in [0.4, 0.5) is 5.69 Å². The Balaban J connectivity index is 1.33. The van der Waals surface area contributed by atoms with E-state index >= 15 is 0 Å². The number of aryl methyl sites for hydroxylation is 1. The second-order valence-corrected chi connectivity index (χ2v) is 8.99. The van der Waals surface area contributed by atoms with Crippen LogP contribution in [0.1, 0.15) is 15.9 Å². The Morgan fingerprint density at radius 1 is 0.879 bits per heavy atom. The van der Waals surface area contributed by atoms with Crippen LogP contribution in [0.2, 0.25) is 0 Å². The number of sulfonamides is 1. The molecule has 4 rings (SSSR count). The third kappa shape index (κ3) is 5.24. The highest BCUT2D eigenvalue weighted by Gasteiger charge is 2.27. The van der Waals surface area contributed by atoms with Crippen LogP contribution < -0.4 is 25.0 Å². The fraction of sp³-hybridized carbons (Fsp3) is 0.130. The molecule has 0 saturated heterocycles. The number of nitrogens with one attached hydrogen (secondary N) is 3. The Labute approximate surface area is 190 Å². The molecule has 170 valence electrons. The molecule has 1 aliphatic heterocycles. The maximum Gasteiger partial charge on any atom is 0.283 e. The molecule has 2 amide bonds. The molecular formula is C23H21N3O6S. The molecule has 3 aromatic rings. The molecule has 0 spiro atoms. The molecule has 3 N–H and O–H groups in total. The number of carbonyl (C=O) groups is 2. The van der Waals surface area contributed by atoms with Crippen molar-refractivity contribution in [1.29, 1.82) is 0 Å². The topological polar surface area (TPSA) is 123 Å². The Bertz CT molecular complexity index is 1270. The number of amides is 2. The van der Waals surface area contributed by atoms with Crippen molar-refractivity contribution in [1.82, 2.24) is 10.9 Å². The first kappa shape index (κ1) is 22.2. The highest BCUT2D eigenvalue weighted by molar-refractivity contribution is 7.92. The number of hydrogen-bond acceptors (Lipinski definition) is 6. The van der Waals surface area contributed by atoms with Gasteiger partial charge in [-0.2, -0.15) is 0 Å². The minimum Gasteiger partial charge on any atom is -0.485 e. The monoisotopic (exact) mass is 467 g/mol. The maximum absolute atomic E-state index is 12.6. The lowest BCUT2D eigenvalue weighted by atomic mass is 10.2. The van der Waals surface area contributed by atoms with Gasteiger partial charge in [-0.3, -0.25) is 25.2 Å². The normalized spacial score (nSPS) is 14.8. The van der Waals surface area contributed by atoms with Crippen molar-refractivity contribution in [3.8, 4) is 11.5 Å². The second-order valence-electron chi connectivity index (χ2n) is 7.30. The van der Waals surface area contributed by atoms with Gasteiger partial charge in [0, 0.05) is 11.3 Å². The summed E-state index contributed by atoms with van der Waals surface area (Å²) >= 11 is 0. The first-order valence-electron chi connectivity index (χ1n) is 10.00.